The summed E-state index contributed by atoms with van der Waals surface area (Å²) in [4.78, 5) is 15.9. The zero-order valence-electron chi connectivity index (χ0n) is 20.0. The van der Waals surface area contributed by atoms with Crippen LogP contribution in [0, 0.1) is 0 Å². The molecule has 4 rings (SSSR count). The molecular formula is C28H28N2O6. The quantitative estimate of drug-likeness (QED) is 0.176. The van der Waals surface area contributed by atoms with Gasteiger partial charge in [0.15, 0.2) is 0 Å². The third-order valence-electron chi connectivity index (χ3n) is 5.81. The van der Waals surface area contributed by atoms with Crippen molar-refractivity contribution in [2.24, 2.45) is 0 Å². The number of carbonyl (C=O) groups excluding carboxylic acids is 1. The molecule has 0 spiro atoms. The van der Waals surface area contributed by atoms with Crippen LogP contribution >= 0.6 is 0 Å². The molecule has 1 aliphatic rings. The van der Waals surface area contributed by atoms with Gasteiger partial charge in [-0.3, -0.25) is 0 Å². The molecule has 0 bridgehead atoms. The van der Waals surface area contributed by atoms with Crippen LogP contribution in [-0.4, -0.2) is 55.1 Å². The maximum absolute atomic E-state index is 12.7. The maximum Gasteiger partial charge on any atom is 0.422 e. The summed E-state index contributed by atoms with van der Waals surface area (Å²) in [6.45, 7) is 0.971. The fourth-order valence-corrected chi connectivity index (χ4v) is 3.91. The molecule has 3 aromatic rings. The fourth-order valence-electron chi connectivity index (χ4n) is 3.91. The molecule has 0 aromatic heterocycles. The predicted molar refractivity (Wildman–Crippen MR) is 131 cm³/mol. The Hall–Kier alpha value is -3.81. The van der Waals surface area contributed by atoms with Crippen molar-refractivity contribution in [2.75, 3.05) is 20.3 Å². The molecule has 1 saturated heterocycles. The molecule has 1 aliphatic heterocycles. The van der Waals surface area contributed by atoms with E-state index in [9.17, 15) is 10.3 Å². The lowest BCUT2D eigenvalue weighted by atomic mass is 10.1. The van der Waals surface area contributed by atoms with Crippen molar-refractivity contribution in [3.05, 3.63) is 107 Å². The van der Waals surface area contributed by atoms with Gasteiger partial charge >= 0.3 is 11.7 Å². The van der Waals surface area contributed by atoms with Crippen LogP contribution in [0.25, 0.3) is 5.53 Å². The number of hydrogen-bond acceptors (Lipinski definition) is 6. The first-order valence-electron chi connectivity index (χ1n) is 11.6. The van der Waals surface area contributed by atoms with Crippen LogP contribution in [-0.2, 0) is 37.0 Å². The minimum absolute atomic E-state index is 0.0908. The Labute approximate surface area is 210 Å². The highest BCUT2D eigenvalue weighted by Gasteiger charge is 2.40. The first-order valence-corrected chi connectivity index (χ1v) is 11.6. The van der Waals surface area contributed by atoms with Gasteiger partial charge in [0.25, 0.3) is 0 Å². The zero-order valence-corrected chi connectivity index (χ0v) is 20.0. The number of hydrogen-bond donors (Lipinski definition) is 0. The molecule has 0 radical (unpaired) electrons. The van der Waals surface area contributed by atoms with Crippen molar-refractivity contribution in [1.29, 1.82) is 0 Å². The van der Waals surface area contributed by atoms with E-state index in [-0.39, 0.29) is 18.4 Å². The van der Waals surface area contributed by atoms with Crippen LogP contribution < -0.4 is 4.74 Å². The molecule has 8 heteroatoms. The standard InChI is InChI=1S/C28H28N2O6/c1-32-23-14-8-13-22(15-23)26(30-29)28(31)36-19-25-27(35-17-21-11-6-3-7-12-21)24(18-34-25)33-16-20-9-4-2-5-10-20/h2-15,24-25,27H,16-19H2,1H3/t24-,25-,27+/m1/s1. The maximum atomic E-state index is 12.7. The van der Waals surface area contributed by atoms with Gasteiger partial charge in [-0.15, -0.1) is 0 Å². The van der Waals surface area contributed by atoms with Crippen molar-refractivity contribution >= 4 is 11.7 Å². The lowest BCUT2D eigenvalue weighted by Crippen LogP contribution is -2.38. The Morgan fingerprint density at radius 2 is 1.61 bits per heavy atom. The van der Waals surface area contributed by atoms with Crippen LogP contribution in [0.15, 0.2) is 84.9 Å². The van der Waals surface area contributed by atoms with Crippen molar-refractivity contribution in [2.45, 2.75) is 31.5 Å². The normalized spacial score (nSPS) is 18.9. The smallest absolute Gasteiger partial charge is 0.422 e. The molecule has 0 saturated carbocycles. The highest BCUT2D eigenvalue weighted by molar-refractivity contribution is 6.40. The molecule has 0 amide bonds. The number of nitrogens with zero attached hydrogens (tertiary/aromatic N) is 2. The SMILES string of the molecule is COc1cccc(C(=[N+]=[N-])C(=O)OC[C@H]2OC[C@@H](OCc3ccccc3)[C@@H]2OCc2ccccc2)c1. The van der Waals surface area contributed by atoms with Gasteiger partial charge in [0, 0.05) is 0 Å². The van der Waals surface area contributed by atoms with Crippen molar-refractivity contribution in [1.82, 2.24) is 0 Å². The Kier molecular flexibility index (Phi) is 8.97. The summed E-state index contributed by atoms with van der Waals surface area (Å²) < 4.78 is 28.9. The summed E-state index contributed by atoms with van der Waals surface area (Å²) in [6.07, 6.45) is -1.36. The van der Waals surface area contributed by atoms with E-state index in [1.807, 2.05) is 60.7 Å². The van der Waals surface area contributed by atoms with E-state index in [0.717, 1.165) is 11.1 Å². The largest absolute Gasteiger partial charge is 0.497 e. The topological polar surface area (TPSA) is 99.6 Å². The average Bonchev–Trinajstić information content (AvgIpc) is 3.32. The van der Waals surface area contributed by atoms with Crippen LogP contribution in [0.4, 0.5) is 0 Å². The van der Waals surface area contributed by atoms with Gasteiger partial charge in [-0.1, -0.05) is 66.7 Å². The Bertz CT molecular complexity index is 1180. The second kappa shape index (κ2) is 12.8. The van der Waals surface area contributed by atoms with Crippen molar-refractivity contribution < 1.29 is 33.3 Å². The molecule has 186 valence electrons. The first-order chi connectivity index (χ1) is 17.7. The van der Waals surface area contributed by atoms with Gasteiger partial charge in [0.05, 0.1) is 32.5 Å². The molecule has 0 N–H and O–H groups in total. The Balaban J connectivity index is 1.41. The van der Waals surface area contributed by atoms with E-state index in [0.29, 0.717) is 31.1 Å². The summed E-state index contributed by atoms with van der Waals surface area (Å²) in [5.74, 6) is -0.266. The van der Waals surface area contributed by atoms with Crippen LogP contribution in [0.3, 0.4) is 0 Å². The van der Waals surface area contributed by atoms with Crippen molar-refractivity contribution in [3.63, 3.8) is 0 Å². The molecule has 0 aliphatic carbocycles. The third kappa shape index (κ3) is 6.65. The summed E-state index contributed by atoms with van der Waals surface area (Å²) >= 11 is 0. The number of benzene rings is 3. The summed E-state index contributed by atoms with van der Waals surface area (Å²) in [5, 5.41) is 0. The highest BCUT2D eigenvalue weighted by atomic mass is 16.6. The third-order valence-corrected chi connectivity index (χ3v) is 5.81. The van der Waals surface area contributed by atoms with Gasteiger partial charge in [0.1, 0.15) is 30.7 Å². The molecule has 3 atom stereocenters. The van der Waals surface area contributed by atoms with E-state index in [1.165, 1.54) is 7.11 Å². The molecule has 8 nitrogen and oxygen atoms in total. The van der Waals surface area contributed by atoms with E-state index < -0.39 is 18.2 Å². The van der Waals surface area contributed by atoms with Gasteiger partial charge < -0.3 is 29.2 Å². The number of ether oxygens (including phenoxy) is 5. The fraction of sp³-hybridized carbons (Fsp3) is 0.286. The van der Waals surface area contributed by atoms with E-state index in [4.69, 9.17) is 23.7 Å². The van der Waals surface area contributed by atoms with E-state index >= 15 is 0 Å². The average molecular weight is 489 g/mol. The summed E-state index contributed by atoms with van der Waals surface area (Å²) in [5.41, 5.74) is 11.6. The lowest BCUT2D eigenvalue weighted by Gasteiger charge is -2.23. The minimum Gasteiger partial charge on any atom is -0.497 e. The van der Waals surface area contributed by atoms with Crippen LogP contribution in [0.2, 0.25) is 0 Å². The number of carbonyl (C=O) groups is 1. The molecule has 36 heavy (non-hydrogen) atoms. The van der Waals surface area contributed by atoms with Gasteiger partial charge in [0.2, 0.25) is 0 Å². The molecule has 1 fully saturated rings. The van der Waals surface area contributed by atoms with Crippen LogP contribution in [0.1, 0.15) is 16.7 Å². The Morgan fingerprint density at radius 1 is 0.944 bits per heavy atom. The predicted octanol–water partition coefficient (Wildman–Crippen LogP) is 3.83. The van der Waals surface area contributed by atoms with Gasteiger partial charge in [-0.2, -0.15) is 4.79 Å². The number of rotatable bonds is 11. The second-order valence-electron chi connectivity index (χ2n) is 8.25. The summed E-state index contributed by atoms with van der Waals surface area (Å²) in [7, 11) is 1.51. The lowest BCUT2D eigenvalue weighted by molar-refractivity contribution is -0.146. The highest BCUT2D eigenvalue weighted by Crippen LogP contribution is 2.24. The Morgan fingerprint density at radius 3 is 2.25 bits per heavy atom. The van der Waals surface area contributed by atoms with E-state index in [1.54, 1.807) is 24.3 Å². The molecular weight excluding hydrogens is 460 g/mol. The number of methoxy groups -OCH3 is 1. The monoisotopic (exact) mass is 488 g/mol. The summed E-state index contributed by atoms with van der Waals surface area (Å²) in [6, 6.07) is 26.3. The van der Waals surface area contributed by atoms with Crippen molar-refractivity contribution in [3.8, 4) is 5.75 Å². The number of esters is 1. The van der Waals surface area contributed by atoms with Gasteiger partial charge in [-0.05, 0) is 29.3 Å². The molecule has 3 aromatic carbocycles. The van der Waals surface area contributed by atoms with Gasteiger partial charge in [-0.25, -0.2) is 4.79 Å². The second-order valence-corrected chi connectivity index (χ2v) is 8.25. The molecule has 1 heterocycles. The zero-order chi connectivity index (χ0) is 25.2. The first kappa shape index (κ1) is 25.3. The van der Waals surface area contributed by atoms with Crippen LogP contribution in [0.5, 0.6) is 5.75 Å². The minimum atomic E-state index is -0.787. The van der Waals surface area contributed by atoms with E-state index in [2.05, 4.69) is 4.79 Å². The molecule has 0 unspecified atom stereocenters.